The van der Waals surface area contributed by atoms with Crippen molar-refractivity contribution in [1.82, 2.24) is 4.72 Å². The third kappa shape index (κ3) is 2.46. The SMILES string of the molecule is CC(=O)[N]S(=O)(=O)c1ccc(N)cc1. The molecule has 14 heavy (non-hydrogen) atoms. The molecule has 1 rings (SSSR count). The zero-order chi connectivity index (χ0) is 10.8. The van der Waals surface area contributed by atoms with Gasteiger partial charge in [0, 0.05) is 12.6 Å². The van der Waals surface area contributed by atoms with Gasteiger partial charge in [-0.25, -0.2) is 0 Å². The van der Waals surface area contributed by atoms with Crippen molar-refractivity contribution in [2.24, 2.45) is 0 Å². The Bertz CT molecular complexity index is 436. The Morgan fingerprint density at radius 1 is 1.29 bits per heavy atom. The van der Waals surface area contributed by atoms with Gasteiger partial charge < -0.3 is 5.73 Å². The molecule has 2 N–H and O–H groups in total. The largest absolute Gasteiger partial charge is 0.399 e. The third-order valence-electron chi connectivity index (χ3n) is 1.43. The van der Waals surface area contributed by atoms with Gasteiger partial charge in [-0.1, -0.05) is 0 Å². The Labute approximate surface area is 82.0 Å². The number of carbonyl (C=O) groups excluding carboxylic acids is 1. The van der Waals surface area contributed by atoms with E-state index in [-0.39, 0.29) is 4.90 Å². The lowest BCUT2D eigenvalue weighted by Gasteiger charge is -2.01. The van der Waals surface area contributed by atoms with Crippen LogP contribution in [0.3, 0.4) is 0 Å². The summed E-state index contributed by atoms with van der Waals surface area (Å²) in [5.74, 6) is -0.748. The molecule has 0 unspecified atom stereocenters. The summed E-state index contributed by atoms with van der Waals surface area (Å²) in [6.45, 7) is 1.08. The molecule has 0 aliphatic carbocycles. The summed E-state index contributed by atoms with van der Waals surface area (Å²) in [5, 5.41) is 0. The molecule has 0 atom stereocenters. The summed E-state index contributed by atoms with van der Waals surface area (Å²) in [4.78, 5) is 10.5. The zero-order valence-corrected chi connectivity index (χ0v) is 8.28. The molecular weight excluding hydrogens is 204 g/mol. The average Bonchev–Trinajstić information content (AvgIpc) is 2.02. The van der Waals surface area contributed by atoms with E-state index >= 15 is 0 Å². The summed E-state index contributed by atoms with van der Waals surface area (Å²) in [6.07, 6.45) is 0. The summed E-state index contributed by atoms with van der Waals surface area (Å²) in [7, 11) is -3.86. The van der Waals surface area contributed by atoms with E-state index in [0.29, 0.717) is 5.69 Å². The lowest BCUT2D eigenvalue weighted by atomic mass is 10.3. The first-order valence-electron chi connectivity index (χ1n) is 3.76. The fraction of sp³-hybridized carbons (Fsp3) is 0.125. The molecule has 0 aromatic heterocycles. The Hall–Kier alpha value is -1.56. The highest BCUT2D eigenvalue weighted by Gasteiger charge is 2.17. The van der Waals surface area contributed by atoms with E-state index in [0.717, 1.165) is 6.92 Å². The van der Waals surface area contributed by atoms with E-state index < -0.39 is 15.9 Å². The van der Waals surface area contributed by atoms with Crippen LogP contribution in [0, 0.1) is 0 Å². The lowest BCUT2D eigenvalue weighted by molar-refractivity contribution is -0.117. The smallest absolute Gasteiger partial charge is 0.285 e. The molecule has 0 aliphatic rings. The van der Waals surface area contributed by atoms with E-state index in [9.17, 15) is 13.2 Å². The number of nitrogens with zero attached hydrogens (tertiary/aromatic N) is 1. The van der Waals surface area contributed by atoms with Crippen molar-refractivity contribution in [1.29, 1.82) is 0 Å². The number of amides is 1. The van der Waals surface area contributed by atoms with Gasteiger partial charge in [-0.2, -0.15) is 8.42 Å². The maximum atomic E-state index is 11.3. The second-order valence-electron chi connectivity index (χ2n) is 2.65. The first-order valence-corrected chi connectivity index (χ1v) is 5.20. The molecule has 0 aliphatic heterocycles. The van der Waals surface area contributed by atoms with Gasteiger partial charge in [0.25, 0.3) is 15.9 Å². The number of anilines is 1. The van der Waals surface area contributed by atoms with E-state index in [1.54, 1.807) is 0 Å². The normalized spacial score (nSPS) is 10.9. The van der Waals surface area contributed by atoms with E-state index in [1.807, 2.05) is 0 Å². The van der Waals surface area contributed by atoms with Crippen LogP contribution in [0.2, 0.25) is 0 Å². The third-order valence-corrected chi connectivity index (χ3v) is 2.79. The van der Waals surface area contributed by atoms with Crippen molar-refractivity contribution in [3.8, 4) is 0 Å². The monoisotopic (exact) mass is 213 g/mol. The minimum Gasteiger partial charge on any atom is -0.399 e. The van der Waals surface area contributed by atoms with Crippen LogP contribution >= 0.6 is 0 Å². The lowest BCUT2D eigenvalue weighted by Crippen LogP contribution is -2.20. The quantitative estimate of drug-likeness (QED) is 0.706. The molecule has 1 aromatic carbocycles. The molecule has 6 heteroatoms. The van der Waals surface area contributed by atoms with Crippen LogP contribution in [-0.4, -0.2) is 14.3 Å². The number of sulfonamides is 1. The van der Waals surface area contributed by atoms with Gasteiger partial charge in [0.15, 0.2) is 0 Å². The number of rotatable bonds is 2. The fourth-order valence-electron chi connectivity index (χ4n) is 0.862. The highest BCUT2D eigenvalue weighted by Crippen LogP contribution is 2.11. The van der Waals surface area contributed by atoms with Crippen LogP contribution in [0.5, 0.6) is 0 Å². The number of benzene rings is 1. The second-order valence-corrected chi connectivity index (χ2v) is 4.26. The molecule has 1 radical (unpaired) electrons. The molecule has 0 spiro atoms. The van der Waals surface area contributed by atoms with Gasteiger partial charge in [0.1, 0.15) is 0 Å². The minimum absolute atomic E-state index is 0.0399. The Morgan fingerprint density at radius 2 is 1.79 bits per heavy atom. The minimum atomic E-state index is -3.86. The molecule has 1 aromatic rings. The summed E-state index contributed by atoms with van der Waals surface area (Å²) in [5.41, 5.74) is 5.83. The van der Waals surface area contributed by atoms with E-state index in [2.05, 4.69) is 4.72 Å². The zero-order valence-electron chi connectivity index (χ0n) is 7.47. The van der Waals surface area contributed by atoms with Crippen LogP contribution in [0.15, 0.2) is 29.2 Å². The topological polar surface area (TPSA) is 91.3 Å². The van der Waals surface area contributed by atoms with Crippen molar-refractivity contribution < 1.29 is 13.2 Å². The number of carbonyl (C=O) groups is 1. The predicted molar refractivity (Wildman–Crippen MR) is 50.9 cm³/mol. The van der Waals surface area contributed by atoms with E-state index in [1.165, 1.54) is 24.3 Å². The second kappa shape index (κ2) is 3.67. The number of nitrogen functional groups attached to an aromatic ring is 1. The van der Waals surface area contributed by atoms with E-state index in [4.69, 9.17) is 5.73 Å². The number of hydrogen-bond donors (Lipinski definition) is 1. The summed E-state index contributed by atoms with van der Waals surface area (Å²) >= 11 is 0. The van der Waals surface area contributed by atoms with Crippen LogP contribution in [0.25, 0.3) is 0 Å². The highest BCUT2D eigenvalue weighted by atomic mass is 32.2. The van der Waals surface area contributed by atoms with Crippen LogP contribution in [0.4, 0.5) is 5.69 Å². The first kappa shape index (κ1) is 10.5. The van der Waals surface area contributed by atoms with Gasteiger partial charge in [-0.15, -0.1) is 4.72 Å². The van der Waals surface area contributed by atoms with Crippen molar-refractivity contribution in [2.75, 3.05) is 5.73 Å². The van der Waals surface area contributed by atoms with Gasteiger partial charge in [0.2, 0.25) is 0 Å². The Kier molecular flexibility index (Phi) is 2.76. The van der Waals surface area contributed by atoms with Gasteiger partial charge in [0.05, 0.1) is 4.90 Å². The Morgan fingerprint density at radius 3 is 2.21 bits per heavy atom. The van der Waals surface area contributed by atoms with Crippen molar-refractivity contribution in [3.05, 3.63) is 24.3 Å². The molecule has 0 saturated heterocycles. The standard InChI is InChI=1S/C8H9N2O3S/c1-6(11)10-14(12,13)8-4-2-7(9)3-5-8/h2-5H,9H2,1H3. The molecule has 0 saturated carbocycles. The number of nitrogens with two attached hydrogens (primary N) is 1. The van der Waals surface area contributed by atoms with Gasteiger partial charge in [-0.05, 0) is 24.3 Å². The molecule has 5 nitrogen and oxygen atoms in total. The predicted octanol–water partition coefficient (Wildman–Crippen LogP) is 0.108. The summed E-state index contributed by atoms with van der Waals surface area (Å²) < 4.78 is 25.7. The molecule has 1 amide bonds. The fourth-order valence-corrected chi connectivity index (χ4v) is 1.79. The summed E-state index contributed by atoms with van der Waals surface area (Å²) in [6, 6.07) is 5.47. The number of hydrogen-bond acceptors (Lipinski definition) is 4. The molecular formula is C8H9N2O3S. The van der Waals surface area contributed by atoms with Gasteiger partial charge >= 0.3 is 0 Å². The maximum absolute atomic E-state index is 11.3. The molecule has 75 valence electrons. The van der Waals surface area contributed by atoms with Crippen LogP contribution in [0.1, 0.15) is 6.92 Å². The molecule has 0 bridgehead atoms. The van der Waals surface area contributed by atoms with Crippen molar-refractivity contribution >= 4 is 21.6 Å². The highest BCUT2D eigenvalue weighted by molar-refractivity contribution is 7.90. The maximum Gasteiger partial charge on any atom is 0.285 e. The van der Waals surface area contributed by atoms with Gasteiger partial charge in [-0.3, -0.25) is 4.79 Å². The first-order chi connectivity index (χ1) is 6.42. The average molecular weight is 213 g/mol. The van der Waals surface area contributed by atoms with Crippen molar-refractivity contribution in [3.63, 3.8) is 0 Å². The van der Waals surface area contributed by atoms with Crippen molar-refractivity contribution in [2.45, 2.75) is 11.8 Å². The Balaban J connectivity index is 3.05. The molecule has 0 fully saturated rings. The van der Waals surface area contributed by atoms with Crippen LogP contribution in [-0.2, 0) is 14.8 Å². The van der Waals surface area contributed by atoms with Crippen LogP contribution < -0.4 is 10.5 Å². The molecule has 0 heterocycles.